The third-order valence-electron chi connectivity index (χ3n) is 3.09. The van der Waals surface area contributed by atoms with Crippen molar-refractivity contribution in [3.05, 3.63) is 33.5 Å². The number of rotatable bonds is 4. The number of aromatic nitrogens is 1. The van der Waals surface area contributed by atoms with Crippen LogP contribution in [0.4, 0.5) is 5.00 Å². The molecule has 0 spiro atoms. The van der Waals surface area contributed by atoms with Crippen LogP contribution in [0.5, 0.6) is 0 Å². The lowest BCUT2D eigenvalue weighted by Gasteiger charge is -2.06. The molecular formula is C14H16N2O4S. The first-order valence-electron chi connectivity index (χ1n) is 6.45. The number of thiophene rings is 1. The molecule has 112 valence electrons. The number of hydrogen-bond donors (Lipinski definition) is 1. The predicted molar refractivity (Wildman–Crippen MR) is 78.9 cm³/mol. The van der Waals surface area contributed by atoms with E-state index in [9.17, 15) is 9.59 Å². The third-order valence-corrected chi connectivity index (χ3v) is 4.21. The molecule has 0 aliphatic carbocycles. The Balaban J connectivity index is 2.32. The summed E-state index contributed by atoms with van der Waals surface area (Å²) in [5.41, 5.74) is 1.56. The van der Waals surface area contributed by atoms with Crippen LogP contribution in [-0.2, 0) is 4.74 Å². The van der Waals surface area contributed by atoms with Gasteiger partial charge < -0.3 is 14.6 Å². The molecule has 0 radical (unpaired) electrons. The molecular weight excluding hydrogens is 292 g/mol. The van der Waals surface area contributed by atoms with E-state index in [-0.39, 0.29) is 12.5 Å². The molecule has 1 amide bonds. The Morgan fingerprint density at radius 1 is 1.38 bits per heavy atom. The normalized spacial score (nSPS) is 10.5. The predicted octanol–water partition coefficient (Wildman–Crippen LogP) is 3.09. The Bertz CT molecular complexity index is 687. The van der Waals surface area contributed by atoms with Gasteiger partial charge in [-0.1, -0.05) is 5.16 Å². The summed E-state index contributed by atoms with van der Waals surface area (Å²) in [4.78, 5) is 25.2. The maximum Gasteiger partial charge on any atom is 0.341 e. The first kappa shape index (κ1) is 15.2. The van der Waals surface area contributed by atoms with Gasteiger partial charge in [-0.3, -0.25) is 4.79 Å². The number of anilines is 1. The van der Waals surface area contributed by atoms with E-state index in [1.807, 2.05) is 13.8 Å². The van der Waals surface area contributed by atoms with Gasteiger partial charge in [-0.15, -0.1) is 11.3 Å². The number of hydrogen-bond acceptors (Lipinski definition) is 6. The molecule has 2 aromatic heterocycles. The van der Waals surface area contributed by atoms with Crippen LogP contribution >= 0.6 is 11.3 Å². The highest BCUT2D eigenvalue weighted by atomic mass is 32.1. The zero-order valence-electron chi connectivity index (χ0n) is 12.3. The monoisotopic (exact) mass is 308 g/mol. The molecule has 0 aliphatic heterocycles. The zero-order chi connectivity index (χ0) is 15.6. The second-order valence-electron chi connectivity index (χ2n) is 4.46. The maximum absolute atomic E-state index is 12.2. The molecule has 7 heteroatoms. The van der Waals surface area contributed by atoms with Gasteiger partial charge in [0.25, 0.3) is 5.91 Å². The molecule has 0 bridgehead atoms. The van der Waals surface area contributed by atoms with Crippen molar-refractivity contribution in [3.8, 4) is 0 Å². The van der Waals surface area contributed by atoms with Crippen LogP contribution in [0.2, 0.25) is 0 Å². The van der Waals surface area contributed by atoms with Gasteiger partial charge in [-0.2, -0.15) is 0 Å². The fraction of sp³-hybridized carbons (Fsp3) is 0.357. The lowest BCUT2D eigenvalue weighted by atomic mass is 10.1. The van der Waals surface area contributed by atoms with Crippen molar-refractivity contribution in [2.45, 2.75) is 27.7 Å². The van der Waals surface area contributed by atoms with E-state index in [0.29, 0.717) is 21.9 Å². The van der Waals surface area contributed by atoms with Gasteiger partial charge in [0.2, 0.25) is 0 Å². The second kappa shape index (κ2) is 6.09. The van der Waals surface area contributed by atoms with Crippen LogP contribution in [-0.4, -0.2) is 23.6 Å². The number of aryl methyl sites for hydroxylation is 2. The number of carbonyl (C=O) groups is 2. The molecule has 0 saturated heterocycles. The lowest BCUT2D eigenvalue weighted by molar-refractivity contribution is 0.0527. The minimum Gasteiger partial charge on any atom is -0.462 e. The highest BCUT2D eigenvalue weighted by Crippen LogP contribution is 2.33. The fourth-order valence-corrected chi connectivity index (χ4v) is 2.89. The average Bonchev–Trinajstić information content (AvgIpc) is 2.95. The number of carbonyl (C=O) groups excluding carboxylic acids is 2. The number of nitrogens with one attached hydrogen (secondary N) is 1. The van der Waals surface area contributed by atoms with Crippen LogP contribution < -0.4 is 5.32 Å². The van der Waals surface area contributed by atoms with Gasteiger partial charge in [-0.05, 0) is 33.3 Å². The maximum atomic E-state index is 12.2. The van der Waals surface area contributed by atoms with Gasteiger partial charge >= 0.3 is 5.97 Å². The Kier molecular flexibility index (Phi) is 4.42. The second-order valence-corrected chi connectivity index (χ2v) is 5.68. The topological polar surface area (TPSA) is 81.4 Å². The Morgan fingerprint density at radius 3 is 2.67 bits per heavy atom. The Morgan fingerprint density at radius 2 is 2.10 bits per heavy atom. The smallest absolute Gasteiger partial charge is 0.341 e. The summed E-state index contributed by atoms with van der Waals surface area (Å²) in [5, 5.41) is 6.78. The molecule has 2 aromatic rings. The number of esters is 1. The molecule has 2 rings (SSSR count). The van der Waals surface area contributed by atoms with Crippen molar-refractivity contribution >= 4 is 28.2 Å². The molecule has 0 saturated carbocycles. The molecule has 0 fully saturated rings. The van der Waals surface area contributed by atoms with Crippen molar-refractivity contribution in [1.82, 2.24) is 5.16 Å². The molecule has 0 aliphatic rings. The fourth-order valence-electron chi connectivity index (χ4n) is 1.85. The van der Waals surface area contributed by atoms with Crippen LogP contribution in [0.1, 0.15) is 43.8 Å². The first-order valence-corrected chi connectivity index (χ1v) is 7.27. The highest BCUT2D eigenvalue weighted by Gasteiger charge is 2.23. The van der Waals surface area contributed by atoms with Gasteiger partial charge in [0.05, 0.1) is 18.4 Å². The molecule has 6 nitrogen and oxygen atoms in total. The van der Waals surface area contributed by atoms with Crippen LogP contribution in [0.25, 0.3) is 0 Å². The van der Waals surface area contributed by atoms with Gasteiger partial charge in [0.1, 0.15) is 16.3 Å². The van der Waals surface area contributed by atoms with Crippen molar-refractivity contribution in [1.29, 1.82) is 0 Å². The summed E-state index contributed by atoms with van der Waals surface area (Å²) in [7, 11) is 0. The first-order chi connectivity index (χ1) is 9.95. The third kappa shape index (κ3) is 2.97. The van der Waals surface area contributed by atoms with Crippen LogP contribution in [0.15, 0.2) is 10.7 Å². The number of ether oxygens (including phenoxy) is 1. The van der Waals surface area contributed by atoms with E-state index in [0.717, 1.165) is 10.4 Å². The van der Waals surface area contributed by atoms with Gasteiger partial charge in [-0.25, -0.2) is 4.79 Å². The molecule has 21 heavy (non-hydrogen) atoms. The van der Waals surface area contributed by atoms with Crippen molar-refractivity contribution in [3.63, 3.8) is 0 Å². The quantitative estimate of drug-likeness (QED) is 0.878. The van der Waals surface area contributed by atoms with E-state index in [1.165, 1.54) is 17.5 Å². The van der Waals surface area contributed by atoms with E-state index >= 15 is 0 Å². The van der Waals surface area contributed by atoms with Gasteiger partial charge in [0, 0.05) is 4.88 Å². The minimum atomic E-state index is -0.434. The molecule has 0 unspecified atom stereocenters. The SMILES string of the molecule is CCOC(=O)c1c(NC(=O)c2cnoc2C)sc(C)c1C. The van der Waals surface area contributed by atoms with Crippen molar-refractivity contribution < 1.29 is 18.8 Å². The van der Waals surface area contributed by atoms with Crippen molar-refractivity contribution in [2.75, 3.05) is 11.9 Å². The van der Waals surface area contributed by atoms with E-state index in [2.05, 4.69) is 10.5 Å². The molecule has 0 aromatic carbocycles. The Hall–Kier alpha value is -2.15. The summed E-state index contributed by atoms with van der Waals surface area (Å²) < 4.78 is 9.91. The summed E-state index contributed by atoms with van der Waals surface area (Å²) in [6.07, 6.45) is 1.35. The zero-order valence-corrected chi connectivity index (χ0v) is 13.1. The highest BCUT2D eigenvalue weighted by molar-refractivity contribution is 7.16. The van der Waals surface area contributed by atoms with Crippen LogP contribution in [0.3, 0.4) is 0 Å². The van der Waals surface area contributed by atoms with Crippen molar-refractivity contribution in [2.24, 2.45) is 0 Å². The Labute approximate surface area is 126 Å². The minimum absolute atomic E-state index is 0.283. The van der Waals surface area contributed by atoms with Gasteiger partial charge in [0.15, 0.2) is 0 Å². The van der Waals surface area contributed by atoms with Crippen LogP contribution in [0, 0.1) is 20.8 Å². The molecule has 1 N–H and O–H groups in total. The lowest BCUT2D eigenvalue weighted by Crippen LogP contribution is -2.15. The van der Waals surface area contributed by atoms with E-state index < -0.39 is 5.97 Å². The largest absolute Gasteiger partial charge is 0.462 e. The summed E-state index contributed by atoms with van der Waals surface area (Å²) in [5.74, 6) is -0.368. The standard InChI is InChI=1S/C14H16N2O4S/c1-5-19-14(18)11-7(2)9(4)21-13(11)16-12(17)10-6-15-20-8(10)3/h6H,5H2,1-4H3,(H,16,17). The summed E-state index contributed by atoms with van der Waals surface area (Å²) >= 11 is 1.34. The summed E-state index contributed by atoms with van der Waals surface area (Å²) in [6, 6.07) is 0. The molecule has 2 heterocycles. The number of nitrogens with zero attached hydrogens (tertiary/aromatic N) is 1. The summed E-state index contributed by atoms with van der Waals surface area (Å²) in [6.45, 7) is 7.40. The number of amides is 1. The average molecular weight is 308 g/mol. The van der Waals surface area contributed by atoms with E-state index in [1.54, 1.807) is 13.8 Å². The van der Waals surface area contributed by atoms with E-state index in [4.69, 9.17) is 9.26 Å². The molecule has 0 atom stereocenters.